The Bertz CT molecular complexity index is 1360. The minimum Gasteiger partial charge on any atom is -0.0727 e. The molecule has 1 aliphatic rings. The van der Waals surface area contributed by atoms with Gasteiger partial charge in [0.15, 0.2) is 0 Å². The van der Waals surface area contributed by atoms with Gasteiger partial charge in [-0.05, 0) is 54.5 Å². The lowest BCUT2D eigenvalue weighted by molar-refractivity contribution is 0.856. The van der Waals surface area contributed by atoms with E-state index in [4.69, 9.17) is 0 Å². The third-order valence-electron chi connectivity index (χ3n) is 8.40. The van der Waals surface area contributed by atoms with Crippen molar-refractivity contribution in [1.29, 1.82) is 0 Å². The molecule has 1 unspecified atom stereocenters. The molecule has 0 amide bonds. The highest BCUT2D eigenvalue weighted by Crippen LogP contribution is 2.37. The maximum absolute atomic E-state index is 2.51. The fourth-order valence-corrected chi connectivity index (χ4v) is 10.3. The van der Waals surface area contributed by atoms with E-state index in [1.54, 1.807) is 21.5 Å². The predicted molar refractivity (Wildman–Crippen MR) is 172 cm³/mol. The van der Waals surface area contributed by atoms with Gasteiger partial charge in [0.1, 0.15) is 0 Å². The Hall–Kier alpha value is -2.21. The molecule has 1 aliphatic carbocycles. The summed E-state index contributed by atoms with van der Waals surface area (Å²) in [6, 6.07) is 26.1. The minimum atomic E-state index is -1.42. The minimum absolute atomic E-state index is 0.580. The molecule has 0 bridgehead atoms. The molecule has 0 aliphatic heterocycles. The van der Waals surface area contributed by atoms with Crippen LogP contribution >= 0.6 is 0 Å². The largest absolute Gasteiger partial charge is 0.0843 e. The first kappa shape index (κ1) is 26.8. The van der Waals surface area contributed by atoms with Crippen molar-refractivity contribution in [3.63, 3.8) is 0 Å². The molecular weight excluding hydrogens is 481 g/mol. The van der Waals surface area contributed by atoms with Crippen LogP contribution in [0.1, 0.15) is 27.7 Å². The predicted octanol–water partition coefficient (Wildman–Crippen LogP) is 7.17. The van der Waals surface area contributed by atoms with Gasteiger partial charge in [-0.2, -0.15) is 0 Å². The Balaban J connectivity index is 1.95. The topological polar surface area (TPSA) is 0 Å². The lowest BCUT2D eigenvalue weighted by atomic mass is 9.94. The van der Waals surface area contributed by atoms with Crippen LogP contribution in [0.15, 0.2) is 88.6 Å². The van der Waals surface area contributed by atoms with Crippen molar-refractivity contribution in [2.45, 2.75) is 67.0 Å². The summed E-state index contributed by atoms with van der Waals surface area (Å²) in [5, 5.41) is 6.38. The van der Waals surface area contributed by atoms with Crippen LogP contribution in [-0.2, 0) is 0 Å². The van der Waals surface area contributed by atoms with Gasteiger partial charge in [-0.3, -0.25) is 0 Å². The molecule has 0 aromatic heterocycles. The van der Waals surface area contributed by atoms with Crippen LogP contribution in [0.5, 0.6) is 0 Å². The summed E-state index contributed by atoms with van der Waals surface area (Å²) in [7, 11) is -3.44. The van der Waals surface area contributed by atoms with E-state index in [2.05, 4.69) is 134 Å². The molecule has 0 radical (unpaired) electrons. The quantitative estimate of drug-likeness (QED) is 0.300. The molecule has 0 heterocycles. The van der Waals surface area contributed by atoms with Gasteiger partial charge in [0.2, 0.25) is 0 Å². The van der Waals surface area contributed by atoms with Crippen molar-refractivity contribution >= 4 is 41.2 Å². The number of hydrogen-bond donors (Lipinski definition) is 0. The number of rotatable bonds is 6. The second-order valence-electron chi connectivity index (χ2n) is 12.9. The van der Waals surface area contributed by atoms with Crippen molar-refractivity contribution in [3.8, 4) is 22.3 Å². The van der Waals surface area contributed by atoms with E-state index in [9.17, 15) is 0 Å². The van der Waals surface area contributed by atoms with Crippen LogP contribution < -0.4 is 15.6 Å². The highest BCUT2D eigenvalue weighted by molar-refractivity contribution is 6.89. The van der Waals surface area contributed by atoms with Crippen LogP contribution in [0.25, 0.3) is 22.3 Å². The summed E-state index contributed by atoms with van der Waals surface area (Å²) in [6.07, 6.45) is 0. The molecule has 1 atom stereocenters. The molecule has 36 heavy (non-hydrogen) atoms. The van der Waals surface area contributed by atoms with Gasteiger partial charge in [0.25, 0.3) is 0 Å². The second kappa shape index (κ2) is 9.92. The van der Waals surface area contributed by atoms with Crippen molar-refractivity contribution in [1.82, 2.24) is 0 Å². The van der Waals surface area contributed by atoms with Crippen molar-refractivity contribution < 1.29 is 0 Å². The summed E-state index contributed by atoms with van der Waals surface area (Å²) in [6.45, 7) is 24.1. The molecule has 0 saturated heterocycles. The Kier molecular flexibility index (Phi) is 7.40. The molecular formula is C33H44Si3. The van der Waals surface area contributed by atoms with E-state index in [1.165, 1.54) is 38.2 Å². The smallest absolute Gasteiger partial charge is 0.0727 e. The SMILES string of the molecule is CC1=C(C)C(C)C([SiH2]c2cccc(-c3cccc([Si](C)(C)C)c3)c2-c2cccc([Si](C)(C)C)c2)=C1C. The zero-order chi connectivity index (χ0) is 26.4. The van der Waals surface area contributed by atoms with Crippen LogP contribution in [0.2, 0.25) is 39.3 Å². The lowest BCUT2D eigenvalue weighted by Gasteiger charge is -2.23. The summed E-state index contributed by atoms with van der Waals surface area (Å²) < 4.78 is 0. The Morgan fingerprint density at radius 2 is 1.17 bits per heavy atom. The Labute approximate surface area is 224 Å². The highest BCUT2D eigenvalue weighted by atomic mass is 28.3. The average Bonchev–Trinajstić information content (AvgIpc) is 3.01. The van der Waals surface area contributed by atoms with E-state index >= 15 is 0 Å². The van der Waals surface area contributed by atoms with Gasteiger partial charge >= 0.3 is 0 Å². The van der Waals surface area contributed by atoms with E-state index in [0.717, 1.165) is 0 Å². The first-order valence-electron chi connectivity index (χ1n) is 13.5. The standard InChI is InChI=1S/C33H44Si3/c1-22-23(2)25(4)33(24(22)3)34-31-19-13-18-30(26-14-11-16-28(20-26)35(5,6)7)32(31)27-15-12-17-29(21-27)36(8,9)10/h11-21,24H,34H2,1-10H3. The van der Waals surface area contributed by atoms with Crippen LogP contribution in [0, 0.1) is 5.92 Å². The molecule has 0 spiro atoms. The van der Waals surface area contributed by atoms with Gasteiger partial charge < -0.3 is 0 Å². The summed E-state index contributed by atoms with van der Waals surface area (Å²) in [5.41, 5.74) is 10.3. The van der Waals surface area contributed by atoms with Crippen LogP contribution in [-0.4, -0.2) is 25.7 Å². The van der Waals surface area contributed by atoms with E-state index < -0.39 is 25.7 Å². The summed E-state index contributed by atoms with van der Waals surface area (Å²) >= 11 is 0. The molecule has 4 rings (SSSR count). The monoisotopic (exact) mass is 524 g/mol. The molecule has 3 aromatic carbocycles. The fourth-order valence-electron chi connectivity index (χ4n) is 5.56. The second-order valence-corrected chi connectivity index (χ2v) is 24.9. The van der Waals surface area contributed by atoms with Crippen molar-refractivity contribution in [2.24, 2.45) is 5.92 Å². The molecule has 188 valence electrons. The maximum Gasteiger partial charge on any atom is 0.0843 e. The molecule has 0 nitrogen and oxygen atoms in total. The zero-order valence-corrected chi connectivity index (χ0v) is 27.5. The maximum atomic E-state index is 2.51. The van der Waals surface area contributed by atoms with Crippen LogP contribution in [0.4, 0.5) is 0 Å². The number of hydrogen-bond acceptors (Lipinski definition) is 0. The summed E-state index contributed by atoms with van der Waals surface area (Å²) in [5.74, 6) is 0.580. The normalized spacial score (nSPS) is 17.1. The first-order valence-corrected chi connectivity index (χ1v) is 21.9. The zero-order valence-electron chi connectivity index (χ0n) is 24.1. The fraction of sp³-hybridized carbons (Fsp3) is 0.333. The third-order valence-corrected chi connectivity index (χ3v) is 15.0. The van der Waals surface area contributed by atoms with E-state index in [1.807, 2.05) is 0 Å². The Morgan fingerprint density at radius 1 is 0.639 bits per heavy atom. The average molecular weight is 525 g/mol. The number of benzene rings is 3. The molecule has 3 aromatic rings. The van der Waals surface area contributed by atoms with Crippen molar-refractivity contribution in [3.05, 3.63) is 88.6 Å². The van der Waals surface area contributed by atoms with Gasteiger partial charge in [-0.25, -0.2) is 0 Å². The third kappa shape index (κ3) is 5.25. The summed E-state index contributed by atoms with van der Waals surface area (Å²) in [4.78, 5) is 0. The number of allylic oxidation sites excluding steroid dienone is 4. The molecule has 3 heteroatoms. The lowest BCUT2D eigenvalue weighted by Crippen LogP contribution is -2.37. The van der Waals surface area contributed by atoms with E-state index in [0.29, 0.717) is 5.92 Å². The Morgan fingerprint density at radius 3 is 1.69 bits per heavy atom. The van der Waals surface area contributed by atoms with Gasteiger partial charge in [0, 0.05) is 0 Å². The van der Waals surface area contributed by atoms with Crippen LogP contribution in [0.3, 0.4) is 0 Å². The van der Waals surface area contributed by atoms with E-state index in [-0.39, 0.29) is 0 Å². The molecule has 0 N–H and O–H groups in total. The van der Waals surface area contributed by atoms with Gasteiger partial charge in [-0.15, -0.1) is 0 Å². The first-order chi connectivity index (χ1) is 16.8. The molecule has 0 saturated carbocycles. The van der Waals surface area contributed by atoms with Crippen molar-refractivity contribution in [2.75, 3.05) is 0 Å². The molecule has 0 fully saturated rings. The highest BCUT2D eigenvalue weighted by Gasteiger charge is 2.26. The van der Waals surface area contributed by atoms with Gasteiger partial charge in [0.05, 0.1) is 25.7 Å². The van der Waals surface area contributed by atoms with Gasteiger partial charge in [-0.1, -0.05) is 145 Å².